The molecule has 0 spiro atoms. The van der Waals surface area contributed by atoms with Gasteiger partial charge in [0, 0.05) is 37.0 Å². The van der Waals surface area contributed by atoms with Gasteiger partial charge in [-0.1, -0.05) is 31.9 Å². The number of benzene rings is 1. The van der Waals surface area contributed by atoms with E-state index < -0.39 is 0 Å². The van der Waals surface area contributed by atoms with Crippen LogP contribution in [0.1, 0.15) is 19.4 Å². The van der Waals surface area contributed by atoms with E-state index in [4.69, 9.17) is 4.74 Å². The largest absolute Gasteiger partial charge is 0.485 e. The Balaban J connectivity index is 1.72. The fourth-order valence-corrected chi connectivity index (χ4v) is 3.56. The summed E-state index contributed by atoms with van der Waals surface area (Å²) in [5, 5.41) is 6.34. The van der Waals surface area contributed by atoms with E-state index in [1.165, 1.54) is 10.9 Å². The summed E-state index contributed by atoms with van der Waals surface area (Å²) in [6, 6.07) is 4.15. The van der Waals surface area contributed by atoms with E-state index in [0.717, 1.165) is 24.4 Å². The average molecular weight is 291 g/mol. The summed E-state index contributed by atoms with van der Waals surface area (Å²) < 4.78 is 10.3. The Kier molecular flexibility index (Phi) is 3.65. The van der Waals surface area contributed by atoms with Crippen molar-refractivity contribution < 1.29 is 4.74 Å². The minimum Gasteiger partial charge on any atom is -0.485 e. The quantitative estimate of drug-likeness (QED) is 0.810. The Hall–Kier alpha value is -1.20. The van der Waals surface area contributed by atoms with Gasteiger partial charge in [-0.05, 0) is 18.6 Å². The smallest absolute Gasteiger partial charge is 0.147 e. The van der Waals surface area contributed by atoms with Crippen LogP contribution in [0.15, 0.2) is 18.3 Å². The molecule has 1 saturated heterocycles. The minimum absolute atomic E-state index is 0.286. The van der Waals surface area contributed by atoms with Crippen molar-refractivity contribution in [2.24, 2.45) is 7.05 Å². The molecule has 5 heteroatoms. The van der Waals surface area contributed by atoms with E-state index in [1.807, 2.05) is 29.7 Å². The second kappa shape index (κ2) is 5.30. The lowest BCUT2D eigenvalue weighted by atomic mass is 10.1. The van der Waals surface area contributed by atoms with Gasteiger partial charge < -0.3 is 4.74 Å². The van der Waals surface area contributed by atoms with Crippen molar-refractivity contribution in [1.82, 2.24) is 14.1 Å². The van der Waals surface area contributed by atoms with Crippen LogP contribution in [-0.4, -0.2) is 38.5 Å². The monoisotopic (exact) mass is 291 g/mol. The predicted molar refractivity (Wildman–Crippen MR) is 84.2 cm³/mol. The van der Waals surface area contributed by atoms with Crippen molar-refractivity contribution in [1.29, 1.82) is 0 Å². The van der Waals surface area contributed by atoms with Crippen LogP contribution in [0.2, 0.25) is 0 Å². The topological polar surface area (TPSA) is 30.3 Å². The molecule has 1 fully saturated rings. The molecule has 0 radical (unpaired) electrons. The number of hydrogen-bond donors (Lipinski definition) is 0. The molecule has 2 heterocycles. The zero-order valence-corrected chi connectivity index (χ0v) is 13.3. The molecule has 0 atom stereocenters. The first kappa shape index (κ1) is 13.8. The number of aryl methyl sites for hydroxylation is 2. The van der Waals surface area contributed by atoms with Crippen molar-refractivity contribution in [3.8, 4) is 5.75 Å². The number of aromatic nitrogens is 2. The maximum absolute atomic E-state index is 6.11. The highest BCUT2D eigenvalue weighted by Gasteiger charge is 2.30. The van der Waals surface area contributed by atoms with Crippen molar-refractivity contribution in [2.75, 3.05) is 13.1 Å². The Labute approximate surface area is 124 Å². The summed E-state index contributed by atoms with van der Waals surface area (Å²) in [5.41, 5.74) is 2.22. The molecule has 0 unspecified atom stereocenters. The Morgan fingerprint density at radius 2 is 2.10 bits per heavy atom. The summed E-state index contributed by atoms with van der Waals surface area (Å²) in [4.78, 5) is 0. The fourth-order valence-electron chi connectivity index (χ4n) is 2.46. The zero-order chi connectivity index (χ0) is 14.3. The van der Waals surface area contributed by atoms with Gasteiger partial charge in [-0.3, -0.25) is 4.68 Å². The average Bonchev–Trinajstić information content (AvgIpc) is 2.72. The predicted octanol–water partition coefficient (Wildman–Crippen LogP) is 3.00. The summed E-state index contributed by atoms with van der Waals surface area (Å²) in [7, 11) is 1.95. The molecule has 20 heavy (non-hydrogen) atoms. The van der Waals surface area contributed by atoms with Gasteiger partial charge in [-0.15, -0.1) is 0 Å². The molecule has 108 valence electrons. The molecule has 1 aliphatic rings. The van der Waals surface area contributed by atoms with Gasteiger partial charge in [-0.25, -0.2) is 4.31 Å². The van der Waals surface area contributed by atoms with E-state index in [9.17, 15) is 0 Å². The van der Waals surface area contributed by atoms with Crippen LogP contribution in [-0.2, 0) is 7.05 Å². The lowest BCUT2D eigenvalue weighted by molar-refractivity contribution is 0.0847. The van der Waals surface area contributed by atoms with Gasteiger partial charge in [0.15, 0.2) is 0 Å². The molecule has 2 aromatic rings. The molecule has 0 bridgehead atoms. The Morgan fingerprint density at radius 3 is 2.80 bits per heavy atom. The maximum Gasteiger partial charge on any atom is 0.147 e. The van der Waals surface area contributed by atoms with Crippen LogP contribution in [0.25, 0.3) is 10.9 Å². The van der Waals surface area contributed by atoms with E-state index in [-0.39, 0.29) is 6.10 Å². The standard InChI is InChI=1S/C15H21N3OS/c1-10(2)20-18-7-12(8-18)19-14-6-5-11(3)13-9-17(4)16-15(13)14/h5-6,9-10,12H,7-8H2,1-4H3. The second-order valence-electron chi connectivity index (χ2n) is 5.69. The van der Waals surface area contributed by atoms with Crippen LogP contribution in [0, 0.1) is 6.92 Å². The lowest BCUT2D eigenvalue weighted by Crippen LogP contribution is -2.50. The van der Waals surface area contributed by atoms with E-state index in [1.54, 1.807) is 0 Å². The molecule has 0 amide bonds. The first-order valence-corrected chi connectivity index (χ1v) is 7.88. The summed E-state index contributed by atoms with van der Waals surface area (Å²) in [5.74, 6) is 0.908. The van der Waals surface area contributed by atoms with Crippen molar-refractivity contribution >= 4 is 22.9 Å². The van der Waals surface area contributed by atoms with Gasteiger partial charge in [0.05, 0.1) is 0 Å². The fraction of sp³-hybridized carbons (Fsp3) is 0.533. The third kappa shape index (κ3) is 2.65. The molecule has 0 saturated carbocycles. The molecule has 4 nitrogen and oxygen atoms in total. The van der Waals surface area contributed by atoms with Crippen LogP contribution >= 0.6 is 11.9 Å². The molecule has 1 aliphatic heterocycles. The van der Waals surface area contributed by atoms with Crippen LogP contribution in [0.5, 0.6) is 5.75 Å². The molecular weight excluding hydrogens is 270 g/mol. The van der Waals surface area contributed by atoms with Gasteiger partial charge in [0.1, 0.15) is 17.4 Å². The number of ether oxygens (including phenoxy) is 1. The van der Waals surface area contributed by atoms with Gasteiger partial charge >= 0.3 is 0 Å². The lowest BCUT2D eigenvalue weighted by Gasteiger charge is -2.38. The SMILES string of the molecule is Cc1ccc(OC2CN(SC(C)C)C2)c2nn(C)cc12. The zero-order valence-electron chi connectivity index (χ0n) is 12.5. The highest BCUT2D eigenvalue weighted by atomic mass is 32.2. The second-order valence-corrected chi connectivity index (χ2v) is 7.36. The Morgan fingerprint density at radius 1 is 1.35 bits per heavy atom. The van der Waals surface area contributed by atoms with Crippen molar-refractivity contribution in [3.63, 3.8) is 0 Å². The van der Waals surface area contributed by atoms with E-state index >= 15 is 0 Å². The minimum atomic E-state index is 0.286. The van der Waals surface area contributed by atoms with Crippen molar-refractivity contribution in [3.05, 3.63) is 23.9 Å². The molecule has 3 rings (SSSR count). The van der Waals surface area contributed by atoms with Gasteiger partial charge in [0.2, 0.25) is 0 Å². The summed E-state index contributed by atoms with van der Waals surface area (Å²) >= 11 is 1.90. The summed E-state index contributed by atoms with van der Waals surface area (Å²) in [6.45, 7) is 8.53. The number of hydrogen-bond acceptors (Lipinski definition) is 4. The van der Waals surface area contributed by atoms with E-state index in [2.05, 4.69) is 42.4 Å². The third-order valence-electron chi connectivity index (χ3n) is 3.44. The van der Waals surface area contributed by atoms with E-state index in [0.29, 0.717) is 5.25 Å². The Bertz CT molecular complexity index is 617. The van der Waals surface area contributed by atoms with Crippen LogP contribution in [0.4, 0.5) is 0 Å². The number of rotatable bonds is 4. The molecular formula is C15H21N3OS. The van der Waals surface area contributed by atoms with Crippen LogP contribution in [0.3, 0.4) is 0 Å². The number of nitrogens with zero attached hydrogens (tertiary/aromatic N) is 3. The highest BCUT2D eigenvalue weighted by molar-refractivity contribution is 7.97. The maximum atomic E-state index is 6.11. The highest BCUT2D eigenvalue weighted by Crippen LogP contribution is 2.31. The van der Waals surface area contributed by atoms with Gasteiger partial charge in [0.25, 0.3) is 0 Å². The molecule has 1 aromatic heterocycles. The van der Waals surface area contributed by atoms with Gasteiger partial charge in [-0.2, -0.15) is 5.10 Å². The molecule has 0 N–H and O–H groups in total. The van der Waals surface area contributed by atoms with Crippen LogP contribution < -0.4 is 4.74 Å². The first-order valence-electron chi connectivity index (χ1n) is 7.04. The summed E-state index contributed by atoms with van der Waals surface area (Å²) in [6.07, 6.45) is 2.34. The molecule has 0 aliphatic carbocycles. The third-order valence-corrected chi connectivity index (χ3v) is 4.46. The normalized spacial score (nSPS) is 16.9. The molecule has 1 aromatic carbocycles. The van der Waals surface area contributed by atoms with Crippen molar-refractivity contribution in [2.45, 2.75) is 32.1 Å². The first-order chi connectivity index (χ1) is 9.52. The number of fused-ring (bicyclic) bond motifs is 1.